The van der Waals surface area contributed by atoms with Crippen LogP contribution >= 0.6 is 23.2 Å². The van der Waals surface area contributed by atoms with Gasteiger partial charge in [0, 0.05) is 54.5 Å². The standard InChI is InChI=1S/C18H22Cl2N4O2/c1-12-7-17(22-26-12)11-23-3-5-24(6-4-23)13(2)18(25)21-16-9-14(19)8-15(20)10-16/h7-10,13H,3-6,11H2,1-2H3,(H,21,25)/t13-/m0/s1. The molecule has 1 saturated heterocycles. The SMILES string of the molecule is Cc1cc(CN2CCN([C@@H](C)C(=O)Nc3cc(Cl)cc(Cl)c3)CC2)no1. The number of halogens is 2. The fraction of sp³-hybridized carbons (Fsp3) is 0.444. The number of aromatic nitrogens is 1. The molecule has 1 N–H and O–H groups in total. The van der Waals surface area contributed by atoms with Crippen LogP contribution in [-0.4, -0.2) is 53.1 Å². The lowest BCUT2D eigenvalue weighted by molar-refractivity contribution is -0.121. The average molecular weight is 397 g/mol. The topological polar surface area (TPSA) is 61.6 Å². The van der Waals surface area contributed by atoms with Crippen molar-refractivity contribution in [3.05, 3.63) is 45.8 Å². The van der Waals surface area contributed by atoms with E-state index in [2.05, 4.69) is 20.3 Å². The highest BCUT2D eigenvalue weighted by Gasteiger charge is 2.26. The number of rotatable bonds is 5. The quantitative estimate of drug-likeness (QED) is 0.838. The predicted octanol–water partition coefficient (Wildman–Crippen LogP) is 3.43. The summed E-state index contributed by atoms with van der Waals surface area (Å²) in [6.45, 7) is 7.98. The highest BCUT2D eigenvalue weighted by Crippen LogP contribution is 2.23. The normalized spacial score (nSPS) is 17.2. The van der Waals surface area contributed by atoms with Crippen LogP contribution < -0.4 is 5.32 Å². The number of nitrogens with zero attached hydrogens (tertiary/aromatic N) is 3. The summed E-state index contributed by atoms with van der Waals surface area (Å²) >= 11 is 12.0. The van der Waals surface area contributed by atoms with E-state index in [0.717, 1.165) is 44.2 Å². The van der Waals surface area contributed by atoms with Gasteiger partial charge in [-0.3, -0.25) is 14.6 Å². The number of carbonyl (C=O) groups is 1. The molecular weight excluding hydrogens is 375 g/mol. The first-order valence-corrected chi connectivity index (χ1v) is 9.32. The molecule has 0 bridgehead atoms. The molecule has 0 unspecified atom stereocenters. The maximum absolute atomic E-state index is 12.5. The number of hydrogen-bond donors (Lipinski definition) is 1. The molecule has 1 aliphatic heterocycles. The minimum absolute atomic E-state index is 0.0658. The maximum Gasteiger partial charge on any atom is 0.241 e. The smallest absolute Gasteiger partial charge is 0.241 e. The lowest BCUT2D eigenvalue weighted by Crippen LogP contribution is -2.52. The van der Waals surface area contributed by atoms with Crippen LogP contribution in [0.3, 0.4) is 0 Å². The van der Waals surface area contributed by atoms with E-state index < -0.39 is 0 Å². The summed E-state index contributed by atoms with van der Waals surface area (Å²) in [6, 6.07) is 6.74. The van der Waals surface area contributed by atoms with Gasteiger partial charge in [0.25, 0.3) is 0 Å². The monoisotopic (exact) mass is 396 g/mol. The second kappa shape index (κ2) is 8.39. The van der Waals surface area contributed by atoms with Crippen molar-refractivity contribution in [3.8, 4) is 0 Å². The summed E-state index contributed by atoms with van der Waals surface area (Å²) in [5, 5.41) is 7.92. The third-order valence-electron chi connectivity index (χ3n) is 4.53. The Kier molecular flexibility index (Phi) is 6.19. The number of amides is 1. The summed E-state index contributed by atoms with van der Waals surface area (Å²) in [4.78, 5) is 17.0. The van der Waals surface area contributed by atoms with Crippen molar-refractivity contribution in [2.45, 2.75) is 26.4 Å². The van der Waals surface area contributed by atoms with Crippen LogP contribution in [0.2, 0.25) is 10.0 Å². The Morgan fingerprint density at radius 3 is 2.42 bits per heavy atom. The van der Waals surface area contributed by atoms with Gasteiger partial charge in [-0.15, -0.1) is 0 Å². The van der Waals surface area contributed by atoms with Crippen LogP contribution in [0.15, 0.2) is 28.8 Å². The van der Waals surface area contributed by atoms with E-state index in [9.17, 15) is 4.79 Å². The molecule has 140 valence electrons. The molecule has 1 aliphatic rings. The number of carbonyl (C=O) groups excluding carboxylic acids is 1. The number of piperazine rings is 1. The highest BCUT2D eigenvalue weighted by atomic mass is 35.5. The van der Waals surface area contributed by atoms with Gasteiger partial charge in [-0.2, -0.15) is 0 Å². The number of nitrogens with one attached hydrogen (secondary N) is 1. The molecule has 1 aromatic carbocycles. The van der Waals surface area contributed by atoms with E-state index in [4.69, 9.17) is 27.7 Å². The van der Waals surface area contributed by atoms with E-state index in [-0.39, 0.29) is 11.9 Å². The van der Waals surface area contributed by atoms with Crippen LogP contribution in [0.5, 0.6) is 0 Å². The lowest BCUT2D eigenvalue weighted by Gasteiger charge is -2.37. The van der Waals surface area contributed by atoms with Crippen LogP contribution in [0, 0.1) is 6.92 Å². The molecule has 0 spiro atoms. The summed E-state index contributed by atoms with van der Waals surface area (Å²) in [5.74, 6) is 0.758. The van der Waals surface area contributed by atoms with Crippen molar-refractivity contribution < 1.29 is 9.32 Å². The van der Waals surface area contributed by atoms with E-state index in [0.29, 0.717) is 15.7 Å². The Morgan fingerprint density at radius 2 is 1.85 bits per heavy atom. The minimum Gasteiger partial charge on any atom is -0.361 e. The zero-order valence-corrected chi connectivity index (χ0v) is 16.3. The molecule has 1 fully saturated rings. The molecule has 8 heteroatoms. The first kappa shape index (κ1) is 19.2. The van der Waals surface area contributed by atoms with Gasteiger partial charge in [0.15, 0.2) is 0 Å². The number of aryl methyl sites for hydroxylation is 1. The Balaban J connectivity index is 1.51. The largest absolute Gasteiger partial charge is 0.361 e. The lowest BCUT2D eigenvalue weighted by atomic mass is 10.2. The molecule has 26 heavy (non-hydrogen) atoms. The summed E-state index contributed by atoms with van der Waals surface area (Å²) in [7, 11) is 0. The van der Waals surface area contributed by atoms with Gasteiger partial charge in [0.05, 0.1) is 11.7 Å². The molecule has 3 rings (SSSR count). The van der Waals surface area contributed by atoms with Gasteiger partial charge in [0.2, 0.25) is 5.91 Å². The average Bonchev–Trinajstić information content (AvgIpc) is 2.99. The van der Waals surface area contributed by atoms with Crippen molar-refractivity contribution in [1.29, 1.82) is 0 Å². The molecule has 1 aromatic heterocycles. The first-order valence-electron chi connectivity index (χ1n) is 8.56. The van der Waals surface area contributed by atoms with Crippen molar-refractivity contribution in [3.63, 3.8) is 0 Å². The number of anilines is 1. The van der Waals surface area contributed by atoms with Gasteiger partial charge < -0.3 is 9.84 Å². The molecular formula is C18H22Cl2N4O2. The Morgan fingerprint density at radius 1 is 1.19 bits per heavy atom. The van der Waals surface area contributed by atoms with Gasteiger partial charge in [-0.1, -0.05) is 28.4 Å². The summed E-state index contributed by atoms with van der Waals surface area (Å²) < 4.78 is 5.11. The van der Waals surface area contributed by atoms with Crippen LogP contribution in [0.4, 0.5) is 5.69 Å². The Labute approximate surface area is 163 Å². The van der Waals surface area contributed by atoms with Crippen LogP contribution in [0.1, 0.15) is 18.4 Å². The van der Waals surface area contributed by atoms with Gasteiger partial charge in [-0.05, 0) is 32.0 Å². The summed E-state index contributed by atoms with van der Waals surface area (Å²) in [6.07, 6.45) is 0. The molecule has 0 saturated carbocycles. The van der Waals surface area contributed by atoms with E-state index in [1.165, 1.54) is 0 Å². The highest BCUT2D eigenvalue weighted by molar-refractivity contribution is 6.35. The molecule has 1 atom stereocenters. The second-order valence-corrected chi connectivity index (χ2v) is 7.44. The number of benzene rings is 1. The van der Waals surface area contributed by atoms with E-state index in [1.54, 1.807) is 18.2 Å². The third kappa shape index (κ3) is 4.98. The first-order chi connectivity index (χ1) is 12.4. The van der Waals surface area contributed by atoms with Crippen LogP contribution in [-0.2, 0) is 11.3 Å². The maximum atomic E-state index is 12.5. The van der Waals surface area contributed by atoms with Gasteiger partial charge >= 0.3 is 0 Å². The fourth-order valence-electron chi connectivity index (χ4n) is 3.07. The van der Waals surface area contributed by atoms with E-state index in [1.807, 2.05) is 19.9 Å². The molecule has 0 radical (unpaired) electrons. The molecule has 6 nitrogen and oxygen atoms in total. The number of hydrogen-bond acceptors (Lipinski definition) is 5. The fourth-order valence-corrected chi connectivity index (χ4v) is 3.59. The molecule has 0 aliphatic carbocycles. The summed E-state index contributed by atoms with van der Waals surface area (Å²) in [5.41, 5.74) is 1.55. The second-order valence-electron chi connectivity index (χ2n) is 6.56. The Bertz CT molecular complexity index is 752. The van der Waals surface area contributed by atoms with Crippen molar-refractivity contribution in [2.75, 3.05) is 31.5 Å². The van der Waals surface area contributed by atoms with Crippen molar-refractivity contribution in [2.24, 2.45) is 0 Å². The van der Waals surface area contributed by atoms with Crippen molar-refractivity contribution in [1.82, 2.24) is 15.0 Å². The van der Waals surface area contributed by atoms with Crippen LogP contribution in [0.25, 0.3) is 0 Å². The third-order valence-corrected chi connectivity index (χ3v) is 4.96. The minimum atomic E-state index is -0.232. The zero-order chi connectivity index (χ0) is 18.7. The predicted molar refractivity (Wildman–Crippen MR) is 103 cm³/mol. The molecule has 1 amide bonds. The molecule has 2 heterocycles. The van der Waals surface area contributed by atoms with Crippen molar-refractivity contribution >= 4 is 34.8 Å². The Hall–Kier alpha value is -1.60. The van der Waals surface area contributed by atoms with Gasteiger partial charge in [0.1, 0.15) is 5.76 Å². The van der Waals surface area contributed by atoms with Gasteiger partial charge in [-0.25, -0.2) is 0 Å². The zero-order valence-electron chi connectivity index (χ0n) is 14.8. The van der Waals surface area contributed by atoms with E-state index >= 15 is 0 Å². The molecule has 2 aromatic rings.